The Morgan fingerprint density at radius 3 is 2.57 bits per heavy atom. The molecule has 4 N–H and O–H groups in total. The molecular weight excluding hydrogens is 184 g/mol. The predicted molar refractivity (Wildman–Crippen MR) is 53.8 cm³/mol. The van der Waals surface area contributed by atoms with Gasteiger partial charge in [0.25, 0.3) is 0 Å². The van der Waals surface area contributed by atoms with Gasteiger partial charge in [0, 0.05) is 19.0 Å². The predicted octanol–water partition coefficient (Wildman–Crippen LogP) is -1.30. The Hall–Kier alpha value is -0.650. The Labute approximate surface area is 84.5 Å². The van der Waals surface area contributed by atoms with Gasteiger partial charge in [-0.3, -0.25) is 4.79 Å². The van der Waals surface area contributed by atoms with E-state index in [2.05, 4.69) is 10.6 Å². The van der Waals surface area contributed by atoms with Crippen molar-refractivity contribution < 1.29 is 15.0 Å². The van der Waals surface area contributed by atoms with Gasteiger partial charge in [0.05, 0.1) is 6.61 Å². The topological polar surface area (TPSA) is 81.6 Å². The molecule has 0 saturated carbocycles. The van der Waals surface area contributed by atoms with E-state index in [-0.39, 0.29) is 25.0 Å². The Kier molecular flexibility index (Phi) is 5.68. The van der Waals surface area contributed by atoms with E-state index in [0.717, 1.165) is 0 Å². The first-order chi connectivity index (χ1) is 6.43. The zero-order valence-electron chi connectivity index (χ0n) is 9.00. The van der Waals surface area contributed by atoms with Gasteiger partial charge in [-0.05, 0) is 14.0 Å². The molecular formula is C9H20N2O3. The lowest BCUT2D eigenvalue weighted by molar-refractivity contribution is -0.125. The molecule has 5 nitrogen and oxygen atoms in total. The fourth-order valence-corrected chi connectivity index (χ4v) is 0.907. The Bertz CT molecular complexity index is 183. The maximum Gasteiger partial charge on any atom is 0.224 e. The molecule has 0 rings (SSSR count). The molecule has 0 spiro atoms. The van der Waals surface area contributed by atoms with Crippen LogP contribution in [0.4, 0.5) is 0 Å². The molecule has 0 aromatic heterocycles. The highest BCUT2D eigenvalue weighted by Crippen LogP contribution is 2.00. The van der Waals surface area contributed by atoms with E-state index in [4.69, 9.17) is 5.11 Å². The first-order valence-electron chi connectivity index (χ1n) is 4.68. The van der Waals surface area contributed by atoms with Crippen molar-refractivity contribution in [3.8, 4) is 0 Å². The minimum Gasteiger partial charge on any atom is -0.393 e. The third kappa shape index (κ3) is 5.16. The maximum atomic E-state index is 11.4. The van der Waals surface area contributed by atoms with Gasteiger partial charge >= 0.3 is 0 Å². The second-order valence-corrected chi connectivity index (χ2v) is 3.83. The lowest BCUT2D eigenvalue weighted by atomic mass is 10.1. The number of hydrogen-bond acceptors (Lipinski definition) is 4. The number of carbonyl (C=O) groups is 1. The van der Waals surface area contributed by atoms with Crippen LogP contribution in [0.3, 0.4) is 0 Å². The van der Waals surface area contributed by atoms with Gasteiger partial charge < -0.3 is 20.8 Å². The highest BCUT2D eigenvalue weighted by Gasteiger charge is 2.21. The van der Waals surface area contributed by atoms with E-state index in [1.165, 1.54) is 6.92 Å². The molecule has 2 unspecified atom stereocenters. The maximum absolute atomic E-state index is 11.4. The molecule has 0 heterocycles. The van der Waals surface area contributed by atoms with Gasteiger partial charge in [-0.2, -0.15) is 0 Å². The lowest BCUT2D eigenvalue weighted by Crippen LogP contribution is -2.45. The summed E-state index contributed by atoms with van der Waals surface area (Å²) in [6, 6.07) is 0. The Balaban J connectivity index is 3.84. The quantitative estimate of drug-likeness (QED) is 0.433. The van der Waals surface area contributed by atoms with E-state index >= 15 is 0 Å². The van der Waals surface area contributed by atoms with Crippen molar-refractivity contribution in [2.24, 2.45) is 5.92 Å². The van der Waals surface area contributed by atoms with Crippen molar-refractivity contribution in [3.05, 3.63) is 0 Å². The molecule has 0 saturated heterocycles. The van der Waals surface area contributed by atoms with Crippen LogP contribution in [0.1, 0.15) is 13.8 Å². The third-order valence-electron chi connectivity index (χ3n) is 1.94. The lowest BCUT2D eigenvalue weighted by Gasteiger charge is -2.21. The second kappa shape index (κ2) is 5.95. The molecule has 0 aromatic rings. The minimum atomic E-state index is -1.24. The number of aliphatic hydroxyl groups excluding tert-OH is 1. The first kappa shape index (κ1) is 13.4. The van der Waals surface area contributed by atoms with Crippen molar-refractivity contribution in [2.75, 3.05) is 26.7 Å². The van der Waals surface area contributed by atoms with Crippen molar-refractivity contribution in [1.82, 2.24) is 10.6 Å². The molecule has 0 aliphatic heterocycles. The molecule has 0 fully saturated rings. The van der Waals surface area contributed by atoms with E-state index in [1.54, 1.807) is 14.0 Å². The molecule has 0 aromatic carbocycles. The molecule has 0 aliphatic carbocycles. The van der Waals surface area contributed by atoms with E-state index in [1.807, 2.05) is 0 Å². The van der Waals surface area contributed by atoms with Crippen LogP contribution in [0.15, 0.2) is 0 Å². The summed E-state index contributed by atoms with van der Waals surface area (Å²) in [5.41, 5.74) is -1.24. The van der Waals surface area contributed by atoms with Crippen molar-refractivity contribution in [3.63, 3.8) is 0 Å². The van der Waals surface area contributed by atoms with Gasteiger partial charge in [0.1, 0.15) is 5.60 Å². The number of nitrogens with one attached hydrogen (secondary N) is 2. The van der Waals surface area contributed by atoms with Gasteiger partial charge in [-0.15, -0.1) is 0 Å². The fourth-order valence-electron chi connectivity index (χ4n) is 0.907. The molecule has 0 bridgehead atoms. The van der Waals surface area contributed by atoms with E-state index in [9.17, 15) is 9.90 Å². The average molecular weight is 204 g/mol. The van der Waals surface area contributed by atoms with Gasteiger partial charge in [0.2, 0.25) is 5.91 Å². The summed E-state index contributed by atoms with van der Waals surface area (Å²) in [6.45, 7) is 3.55. The van der Waals surface area contributed by atoms with Gasteiger partial charge in [0.15, 0.2) is 0 Å². The van der Waals surface area contributed by atoms with Crippen LogP contribution in [0, 0.1) is 5.92 Å². The number of carbonyl (C=O) groups excluding carboxylic acids is 1. The monoisotopic (exact) mass is 204 g/mol. The van der Waals surface area contributed by atoms with Crippen LogP contribution in [0.25, 0.3) is 0 Å². The van der Waals surface area contributed by atoms with Gasteiger partial charge in [-0.1, -0.05) is 6.92 Å². The number of aliphatic hydroxyl groups is 2. The summed E-state index contributed by atoms with van der Waals surface area (Å²) < 4.78 is 0. The number of hydrogen-bond donors (Lipinski definition) is 4. The fraction of sp³-hybridized carbons (Fsp3) is 0.889. The number of rotatable bonds is 6. The van der Waals surface area contributed by atoms with Crippen molar-refractivity contribution >= 4 is 5.91 Å². The van der Waals surface area contributed by atoms with Crippen LogP contribution in [0.5, 0.6) is 0 Å². The average Bonchev–Trinajstić information content (AvgIpc) is 2.15. The van der Waals surface area contributed by atoms with Crippen molar-refractivity contribution in [1.29, 1.82) is 0 Å². The normalized spacial score (nSPS) is 17.2. The SMILES string of the molecule is CNCC(C)C(=O)NCC(C)(O)CO. The second-order valence-electron chi connectivity index (χ2n) is 3.83. The molecule has 0 radical (unpaired) electrons. The van der Waals surface area contributed by atoms with Gasteiger partial charge in [-0.25, -0.2) is 0 Å². The molecule has 84 valence electrons. The Morgan fingerprint density at radius 2 is 2.14 bits per heavy atom. The van der Waals surface area contributed by atoms with Crippen LogP contribution in [-0.2, 0) is 4.79 Å². The summed E-state index contributed by atoms with van der Waals surface area (Å²) in [4.78, 5) is 11.4. The summed E-state index contributed by atoms with van der Waals surface area (Å²) in [6.07, 6.45) is 0. The summed E-state index contributed by atoms with van der Waals surface area (Å²) in [5, 5.41) is 23.6. The zero-order valence-corrected chi connectivity index (χ0v) is 9.00. The Morgan fingerprint density at radius 1 is 1.57 bits per heavy atom. The van der Waals surface area contributed by atoms with Crippen LogP contribution >= 0.6 is 0 Å². The third-order valence-corrected chi connectivity index (χ3v) is 1.94. The van der Waals surface area contributed by atoms with Crippen LogP contribution in [0.2, 0.25) is 0 Å². The summed E-state index contributed by atoms with van der Waals surface area (Å²) >= 11 is 0. The summed E-state index contributed by atoms with van der Waals surface area (Å²) in [7, 11) is 1.77. The largest absolute Gasteiger partial charge is 0.393 e. The first-order valence-corrected chi connectivity index (χ1v) is 4.68. The van der Waals surface area contributed by atoms with Crippen molar-refractivity contribution in [2.45, 2.75) is 19.4 Å². The minimum absolute atomic E-state index is 0.0659. The zero-order chi connectivity index (χ0) is 11.2. The van der Waals surface area contributed by atoms with Crippen LogP contribution in [-0.4, -0.2) is 48.5 Å². The molecule has 1 amide bonds. The molecule has 14 heavy (non-hydrogen) atoms. The standard InChI is InChI=1S/C9H20N2O3/c1-7(4-10-3)8(13)11-5-9(2,14)6-12/h7,10,12,14H,4-6H2,1-3H3,(H,11,13). The smallest absolute Gasteiger partial charge is 0.224 e. The highest BCUT2D eigenvalue weighted by molar-refractivity contribution is 5.78. The van der Waals surface area contributed by atoms with Crippen LogP contribution < -0.4 is 10.6 Å². The highest BCUT2D eigenvalue weighted by atomic mass is 16.3. The van der Waals surface area contributed by atoms with E-state index in [0.29, 0.717) is 6.54 Å². The van der Waals surface area contributed by atoms with E-state index < -0.39 is 5.60 Å². The number of amides is 1. The summed E-state index contributed by atoms with van der Waals surface area (Å²) in [5.74, 6) is -0.275. The molecule has 0 aliphatic rings. The molecule has 5 heteroatoms. The molecule has 2 atom stereocenters.